The molecule has 1 heterocycles. The number of carbonyl (C=O) groups is 1. The summed E-state index contributed by atoms with van der Waals surface area (Å²) in [5.74, 6) is 0.102. The van der Waals surface area contributed by atoms with Crippen LogP contribution in [0.25, 0.3) is 6.08 Å². The quantitative estimate of drug-likeness (QED) is 0.735. The number of hydrogen-bond acceptors (Lipinski definition) is 1. The fraction of sp³-hybridized carbons (Fsp3) is 0.438. The standard InChI is InChI=1S/C12H13NO.C4H10/c1-9-5-6-11-10(8-9)4-3-7-13(2)12(11)14;1-3-4-2/h3-6,8H,7H2,1-2H3;3-4H2,1-2H3. The van der Waals surface area contributed by atoms with Gasteiger partial charge in [-0.15, -0.1) is 0 Å². The van der Waals surface area contributed by atoms with Gasteiger partial charge < -0.3 is 4.90 Å². The molecule has 1 amide bonds. The van der Waals surface area contributed by atoms with Crippen LogP contribution in [-0.4, -0.2) is 24.4 Å². The number of aryl methyl sites for hydroxylation is 1. The molecule has 0 aliphatic carbocycles. The lowest BCUT2D eigenvalue weighted by molar-refractivity contribution is 0.0811. The van der Waals surface area contributed by atoms with Crippen LogP contribution in [0.5, 0.6) is 0 Å². The van der Waals surface area contributed by atoms with E-state index in [1.54, 1.807) is 4.90 Å². The Morgan fingerprint density at radius 2 is 1.89 bits per heavy atom. The lowest BCUT2D eigenvalue weighted by atomic mass is 10.0. The zero-order chi connectivity index (χ0) is 13.5. The first-order valence-corrected chi connectivity index (χ1v) is 6.62. The normalized spacial score (nSPS) is 13.6. The van der Waals surface area contributed by atoms with Crippen LogP contribution in [0.2, 0.25) is 0 Å². The number of likely N-dealkylation sites (N-methyl/N-ethyl adjacent to an activating group) is 1. The highest BCUT2D eigenvalue weighted by molar-refractivity contribution is 5.98. The molecule has 0 saturated carbocycles. The first kappa shape index (κ1) is 14.5. The molecule has 0 bridgehead atoms. The molecule has 1 aromatic rings. The van der Waals surface area contributed by atoms with Crippen molar-refractivity contribution in [1.29, 1.82) is 0 Å². The summed E-state index contributed by atoms with van der Waals surface area (Å²) in [5, 5.41) is 0. The zero-order valence-corrected chi connectivity index (χ0v) is 11.9. The Bertz CT molecular complexity index is 433. The van der Waals surface area contributed by atoms with Gasteiger partial charge in [0.05, 0.1) is 0 Å². The van der Waals surface area contributed by atoms with E-state index in [1.165, 1.54) is 18.4 Å². The van der Waals surface area contributed by atoms with Crippen LogP contribution in [0.4, 0.5) is 0 Å². The number of unbranched alkanes of at least 4 members (excludes halogenated alkanes) is 1. The van der Waals surface area contributed by atoms with Gasteiger partial charge in [-0.2, -0.15) is 0 Å². The Morgan fingerprint density at radius 3 is 2.50 bits per heavy atom. The SMILES string of the molecule is CCCC.Cc1ccc2c(c1)C=CCN(C)C2=O. The molecule has 2 rings (SSSR count). The van der Waals surface area contributed by atoms with Crippen molar-refractivity contribution in [3.8, 4) is 0 Å². The van der Waals surface area contributed by atoms with E-state index >= 15 is 0 Å². The van der Waals surface area contributed by atoms with Gasteiger partial charge in [0.15, 0.2) is 0 Å². The summed E-state index contributed by atoms with van der Waals surface area (Å²) in [4.78, 5) is 13.6. The molecule has 98 valence electrons. The van der Waals surface area contributed by atoms with Gasteiger partial charge >= 0.3 is 0 Å². The smallest absolute Gasteiger partial charge is 0.254 e. The highest BCUT2D eigenvalue weighted by Gasteiger charge is 2.15. The molecule has 0 radical (unpaired) electrons. The Hall–Kier alpha value is -1.57. The molecule has 0 aromatic heterocycles. The van der Waals surface area contributed by atoms with E-state index in [0.717, 1.165) is 11.1 Å². The van der Waals surface area contributed by atoms with Crippen LogP contribution in [0.15, 0.2) is 24.3 Å². The van der Waals surface area contributed by atoms with Gasteiger partial charge in [-0.25, -0.2) is 0 Å². The monoisotopic (exact) mass is 245 g/mol. The van der Waals surface area contributed by atoms with Gasteiger partial charge in [0.1, 0.15) is 0 Å². The zero-order valence-electron chi connectivity index (χ0n) is 11.9. The minimum absolute atomic E-state index is 0.102. The predicted octanol–water partition coefficient (Wildman–Crippen LogP) is 3.90. The van der Waals surface area contributed by atoms with Crippen molar-refractivity contribution in [3.63, 3.8) is 0 Å². The van der Waals surface area contributed by atoms with Gasteiger partial charge in [-0.3, -0.25) is 4.79 Å². The summed E-state index contributed by atoms with van der Waals surface area (Å²) in [7, 11) is 1.82. The van der Waals surface area contributed by atoms with Crippen molar-refractivity contribution in [2.75, 3.05) is 13.6 Å². The fourth-order valence-electron chi connectivity index (χ4n) is 1.64. The average molecular weight is 245 g/mol. The third-order valence-electron chi connectivity index (χ3n) is 2.96. The third kappa shape index (κ3) is 3.73. The van der Waals surface area contributed by atoms with E-state index < -0.39 is 0 Å². The molecule has 0 unspecified atom stereocenters. The van der Waals surface area contributed by atoms with Gasteiger partial charge in [0.2, 0.25) is 0 Å². The number of fused-ring (bicyclic) bond motifs is 1. The van der Waals surface area contributed by atoms with E-state index in [0.29, 0.717) is 6.54 Å². The van der Waals surface area contributed by atoms with Crippen LogP contribution in [-0.2, 0) is 0 Å². The van der Waals surface area contributed by atoms with Gasteiger partial charge in [0, 0.05) is 19.2 Å². The molecular weight excluding hydrogens is 222 g/mol. The molecule has 1 aliphatic rings. The van der Waals surface area contributed by atoms with Gasteiger partial charge in [-0.05, 0) is 18.6 Å². The predicted molar refractivity (Wildman–Crippen MR) is 77.8 cm³/mol. The number of rotatable bonds is 1. The Balaban J connectivity index is 0.000000357. The second-order valence-electron chi connectivity index (χ2n) is 4.68. The molecule has 0 saturated heterocycles. The molecule has 0 atom stereocenters. The first-order valence-electron chi connectivity index (χ1n) is 6.62. The summed E-state index contributed by atoms with van der Waals surface area (Å²) >= 11 is 0. The summed E-state index contributed by atoms with van der Waals surface area (Å²) in [6, 6.07) is 5.92. The molecule has 0 fully saturated rings. The number of benzene rings is 1. The topological polar surface area (TPSA) is 20.3 Å². The highest BCUT2D eigenvalue weighted by atomic mass is 16.2. The molecular formula is C16H23NO. The summed E-state index contributed by atoms with van der Waals surface area (Å²) in [5.41, 5.74) is 3.01. The minimum Gasteiger partial charge on any atom is -0.338 e. The van der Waals surface area contributed by atoms with Gasteiger partial charge in [0.25, 0.3) is 5.91 Å². The van der Waals surface area contributed by atoms with Crippen LogP contribution in [0, 0.1) is 6.92 Å². The molecule has 0 spiro atoms. The van der Waals surface area contributed by atoms with Crippen LogP contribution < -0.4 is 0 Å². The van der Waals surface area contributed by atoms with Crippen molar-refractivity contribution in [3.05, 3.63) is 41.0 Å². The van der Waals surface area contributed by atoms with Gasteiger partial charge in [-0.1, -0.05) is 56.5 Å². The van der Waals surface area contributed by atoms with E-state index in [1.807, 2.05) is 44.3 Å². The maximum absolute atomic E-state index is 11.8. The number of hydrogen-bond donors (Lipinski definition) is 0. The maximum atomic E-state index is 11.8. The summed E-state index contributed by atoms with van der Waals surface area (Å²) < 4.78 is 0. The van der Waals surface area contributed by atoms with E-state index in [9.17, 15) is 4.79 Å². The maximum Gasteiger partial charge on any atom is 0.254 e. The molecule has 18 heavy (non-hydrogen) atoms. The highest BCUT2D eigenvalue weighted by Crippen LogP contribution is 2.17. The second kappa shape index (κ2) is 7.00. The fourth-order valence-corrected chi connectivity index (χ4v) is 1.64. The lowest BCUT2D eigenvalue weighted by Gasteiger charge is -2.13. The third-order valence-corrected chi connectivity index (χ3v) is 2.96. The molecule has 2 heteroatoms. The second-order valence-corrected chi connectivity index (χ2v) is 4.68. The van der Waals surface area contributed by atoms with E-state index in [2.05, 4.69) is 13.8 Å². The number of nitrogens with zero attached hydrogens (tertiary/aromatic N) is 1. The summed E-state index contributed by atoms with van der Waals surface area (Å²) in [6.07, 6.45) is 6.67. The average Bonchev–Trinajstić information content (AvgIpc) is 2.50. The molecule has 2 nitrogen and oxygen atoms in total. The minimum atomic E-state index is 0.102. The largest absolute Gasteiger partial charge is 0.338 e. The van der Waals surface area contributed by atoms with Crippen molar-refractivity contribution in [2.24, 2.45) is 0 Å². The van der Waals surface area contributed by atoms with Crippen molar-refractivity contribution in [1.82, 2.24) is 4.90 Å². The van der Waals surface area contributed by atoms with Crippen LogP contribution in [0.3, 0.4) is 0 Å². The Morgan fingerprint density at radius 1 is 1.22 bits per heavy atom. The number of carbonyl (C=O) groups excluding carboxylic acids is 1. The van der Waals surface area contributed by atoms with E-state index in [4.69, 9.17) is 0 Å². The molecule has 0 N–H and O–H groups in total. The Kier molecular flexibility index (Phi) is 5.63. The number of amides is 1. The Labute approximate surface area is 110 Å². The summed E-state index contributed by atoms with van der Waals surface area (Å²) in [6.45, 7) is 7.08. The van der Waals surface area contributed by atoms with Crippen molar-refractivity contribution in [2.45, 2.75) is 33.6 Å². The van der Waals surface area contributed by atoms with Crippen LogP contribution >= 0.6 is 0 Å². The van der Waals surface area contributed by atoms with Crippen molar-refractivity contribution < 1.29 is 4.79 Å². The lowest BCUT2D eigenvalue weighted by Crippen LogP contribution is -2.26. The molecule has 1 aromatic carbocycles. The van der Waals surface area contributed by atoms with Crippen LogP contribution in [0.1, 0.15) is 48.2 Å². The first-order chi connectivity index (χ1) is 8.60. The van der Waals surface area contributed by atoms with E-state index in [-0.39, 0.29) is 5.91 Å². The van der Waals surface area contributed by atoms with Crippen molar-refractivity contribution >= 4 is 12.0 Å². The molecule has 1 aliphatic heterocycles.